The number of benzene rings is 9. The van der Waals surface area contributed by atoms with Gasteiger partial charge in [0.05, 0.1) is 22.9 Å². The van der Waals surface area contributed by atoms with E-state index in [-0.39, 0.29) is 0 Å². The normalized spacial score (nSPS) is 11.6. The molecule has 0 saturated carbocycles. The van der Waals surface area contributed by atoms with Crippen molar-refractivity contribution in [3.63, 3.8) is 0 Å². The van der Waals surface area contributed by atoms with Crippen LogP contribution in [0.2, 0.25) is 0 Å². The average molecular weight is 717 g/mol. The molecule has 0 N–H and O–H groups in total. The minimum Gasteiger partial charge on any atom is -0.252 e. The number of hydrogen-bond acceptors (Lipinski definition) is 3. The standard InChI is InChI=1S/C52H32N2S/c1-4-15-33(16-5-1)38-28-44(35-19-8-3-9-20-35)51-46(30-38)47-31-39(34-17-6-2-7-18-34)29-45(52(47)55-51)36-21-14-22-37(27-36)48-32-53-49-42-25-12-10-23-40(42)41-24-11-13-26-43(41)50(49)54-48/h1-32H. The summed E-state index contributed by atoms with van der Waals surface area (Å²) in [5.74, 6) is 0. The lowest BCUT2D eigenvalue weighted by Gasteiger charge is -2.12. The van der Waals surface area contributed by atoms with Gasteiger partial charge in [0, 0.05) is 47.6 Å². The van der Waals surface area contributed by atoms with E-state index >= 15 is 0 Å². The molecule has 0 aliphatic carbocycles. The largest absolute Gasteiger partial charge is 0.252 e. The molecule has 55 heavy (non-hydrogen) atoms. The first-order valence-corrected chi connectivity index (χ1v) is 19.5. The molecule has 0 bridgehead atoms. The summed E-state index contributed by atoms with van der Waals surface area (Å²) < 4.78 is 2.57. The molecule has 0 aliphatic rings. The van der Waals surface area contributed by atoms with Gasteiger partial charge in [0.1, 0.15) is 0 Å². The van der Waals surface area contributed by atoms with E-state index in [1.807, 2.05) is 17.5 Å². The van der Waals surface area contributed by atoms with Crippen LogP contribution in [0.5, 0.6) is 0 Å². The van der Waals surface area contributed by atoms with Crippen LogP contribution in [0.4, 0.5) is 0 Å². The van der Waals surface area contributed by atoms with Crippen molar-refractivity contribution in [3.8, 4) is 55.8 Å². The summed E-state index contributed by atoms with van der Waals surface area (Å²) >= 11 is 1.89. The van der Waals surface area contributed by atoms with E-state index in [4.69, 9.17) is 9.97 Å². The highest BCUT2D eigenvalue weighted by atomic mass is 32.1. The van der Waals surface area contributed by atoms with Gasteiger partial charge in [-0.05, 0) is 74.5 Å². The van der Waals surface area contributed by atoms with Gasteiger partial charge in [-0.3, -0.25) is 4.98 Å². The second-order valence-electron chi connectivity index (χ2n) is 14.1. The molecule has 2 aromatic heterocycles. The second kappa shape index (κ2) is 12.9. The van der Waals surface area contributed by atoms with Crippen LogP contribution in [0, 0.1) is 0 Å². The van der Waals surface area contributed by atoms with Gasteiger partial charge in [-0.1, -0.05) is 158 Å². The molecule has 11 aromatic rings. The number of aromatic nitrogens is 2. The summed E-state index contributed by atoms with van der Waals surface area (Å²) in [5.41, 5.74) is 13.4. The Morgan fingerprint density at radius 2 is 0.764 bits per heavy atom. The van der Waals surface area contributed by atoms with E-state index in [9.17, 15) is 0 Å². The van der Waals surface area contributed by atoms with Crippen molar-refractivity contribution in [2.45, 2.75) is 0 Å². The van der Waals surface area contributed by atoms with Gasteiger partial charge in [-0.2, -0.15) is 0 Å². The molecule has 0 atom stereocenters. The second-order valence-corrected chi connectivity index (χ2v) is 15.1. The molecular formula is C52H32N2S. The highest BCUT2D eigenvalue weighted by molar-refractivity contribution is 7.27. The first-order chi connectivity index (χ1) is 27.3. The third kappa shape index (κ3) is 5.32. The van der Waals surface area contributed by atoms with Crippen molar-refractivity contribution >= 4 is 64.1 Å². The average Bonchev–Trinajstić information content (AvgIpc) is 3.65. The van der Waals surface area contributed by atoms with Crippen LogP contribution in [-0.2, 0) is 0 Å². The first-order valence-electron chi connectivity index (χ1n) is 18.6. The first kappa shape index (κ1) is 31.6. The topological polar surface area (TPSA) is 25.8 Å². The van der Waals surface area contributed by atoms with Gasteiger partial charge in [0.2, 0.25) is 0 Å². The maximum Gasteiger partial charge on any atom is 0.0979 e. The van der Waals surface area contributed by atoms with Crippen LogP contribution in [0.15, 0.2) is 194 Å². The smallest absolute Gasteiger partial charge is 0.0979 e. The SMILES string of the molecule is c1ccc(-c2cc(-c3ccccc3)c3sc4c(-c5cccc(-c6cnc7c8ccccc8c8ccccc8c7n6)c5)cc(-c5ccccc5)cc4c3c2)cc1. The Labute approximate surface area is 322 Å². The van der Waals surface area contributed by atoms with Crippen LogP contribution >= 0.6 is 11.3 Å². The van der Waals surface area contributed by atoms with Gasteiger partial charge >= 0.3 is 0 Å². The zero-order valence-corrected chi connectivity index (χ0v) is 30.6. The van der Waals surface area contributed by atoms with Crippen LogP contribution in [0.25, 0.3) is 109 Å². The quantitative estimate of drug-likeness (QED) is 0.166. The number of thiophene rings is 1. The number of nitrogens with zero attached hydrogens (tertiary/aromatic N) is 2. The van der Waals surface area contributed by atoms with Crippen LogP contribution in [0.1, 0.15) is 0 Å². The number of rotatable bonds is 5. The van der Waals surface area contributed by atoms with E-state index in [0.717, 1.165) is 38.6 Å². The Hall–Kier alpha value is -6.94. The van der Waals surface area contributed by atoms with Crippen molar-refractivity contribution in [2.75, 3.05) is 0 Å². The fourth-order valence-corrected chi connectivity index (χ4v) is 9.56. The van der Waals surface area contributed by atoms with Crippen LogP contribution in [-0.4, -0.2) is 9.97 Å². The molecule has 11 rings (SSSR count). The summed E-state index contributed by atoms with van der Waals surface area (Å²) in [7, 11) is 0. The summed E-state index contributed by atoms with van der Waals surface area (Å²) in [6, 6.07) is 67.7. The molecule has 0 fully saturated rings. The van der Waals surface area contributed by atoms with Crippen molar-refractivity contribution in [2.24, 2.45) is 0 Å². The molecule has 2 nitrogen and oxygen atoms in total. The fraction of sp³-hybridized carbons (Fsp3) is 0. The third-order valence-corrected chi connectivity index (χ3v) is 12.2. The van der Waals surface area contributed by atoms with E-state index in [2.05, 4.69) is 188 Å². The molecular weight excluding hydrogens is 685 g/mol. The zero-order chi connectivity index (χ0) is 36.3. The summed E-state index contributed by atoms with van der Waals surface area (Å²) in [5, 5.41) is 7.18. The van der Waals surface area contributed by atoms with Crippen LogP contribution in [0.3, 0.4) is 0 Å². The molecule has 0 saturated heterocycles. The zero-order valence-electron chi connectivity index (χ0n) is 29.8. The fourth-order valence-electron chi connectivity index (χ4n) is 8.23. The summed E-state index contributed by atoms with van der Waals surface area (Å²) in [6.07, 6.45) is 1.94. The van der Waals surface area contributed by atoms with E-state index in [0.29, 0.717) is 0 Å². The molecule has 3 heteroatoms. The molecule has 0 aliphatic heterocycles. The van der Waals surface area contributed by atoms with Gasteiger partial charge in [-0.25, -0.2) is 4.98 Å². The molecule has 2 heterocycles. The lowest BCUT2D eigenvalue weighted by atomic mass is 9.92. The Morgan fingerprint density at radius 1 is 0.309 bits per heavy atom. The minimum absolute atomic E-state index is 0.862. The highest BCUT2D eigenvalue weighted by Crippen LogP contribution is 2.48. The number of hydrogen-bond donors (Lipinski definition) is 0. The predicted molar refractivity (Wildman–Crippen MR) is 235 cm³/mol. The van der Waals surface area contributed by atoms with Gasteiger partial charge < -0.3 is 0 Å². The monoisotopic (exact) mass is 716 g/mol. The van der Waals surface area contributed by atoms with Crippen molar-refractivity contribution in [1.29, 1.82) is 0 Å². The van der Waals surface area contributed by atoms with Crippen molar-refractivity contribution < 1.29 is 0 Å². The van der Waals surface area contributed by atoms with Crippen molar-refractivity contribution in [3.05, 3.63) is 194 Å². The van der Waals surface area contributed by atoms with Crippen molar-refractivity contribution in [1.82, 2.24) is 9.97 Å². The molecule has 0 unspecified atom stereocenters. The Kier molecular flexibility index (Phi) is 7.39. The molecule has 256 valence electrons. The Morgan fingerprint density at radius 3 is 1.35 bits per heavy atom. The van der Waals surface area contributed by atoms with E-state index < -0.39 is 0 Å². The maximum atomic E-state index is 5.34. The molecule has 0 radical (unpaired) electrons. The Bertz CT molecular complexity index is 3210. The summed E-state index contributed by atoms with van der Waals surface area (Å²) in [4.78, 5) is 10.4. The molecule has 0 spiro atoms. The predicted octanol–water partition coefficient (Wildman–Crippen LogP) is 14.6. The number of fused-ring (bicyclic) bond motifs is 9. The van der Waals surface area contributed by atoms with E-state index in [1.165, 1.54) is 69.9 Å². The minimum atomic E-state index is 0.862. The molecule has 0 amide bonds. The highest BCUT2D eigenvalue weighted by Gasteiger charge is 2.19. The third-order valence-electron chi connectivity index (χ3n) is 10.9. The Balaban J connectivity index is 1.16. The van der Waals surface area contributed by atoms with E-state index in [1.54, 1.807) is 0 Å². The van der Waals surface area contributed by atoms with Crippen LogP contribution < -0.4 is 0 Å². The lowest BCUT2D eigenvalue weighted by Crippen LogP contribution is -1.92. The van der Waals surface area contributed by atoms with Gasteiger partial charge in [0.15, 0.2) is 0 Å². The van der Waals surface area contributed by atoms with Gasteiger partial charge in [-0.15, -0.1) is 11.3 Å². The van der Waals surface area contributed by atoms with Gasteiger partial charge in [0.25, 0.3) is 0 Å². The molecule has 9 aromatic carbocycles. The summed E-state index contributed by atoms with van der Waals surface area (Å²) in [6.45, 7) is 0. The lowest BCUT2D eigenvalue weighted by molar-refractivity contribution is 1.31. The maximum absolute atomic E-state index is 5.34.